The van der Waals surface area contributed by atoms with E-state index in [0.717, 1.165) is 24.1 Å². The first-order valence-electron chi connectivity index (χ1n) is 7.34. The number of benzene rings is 1. The molecule has 0 aliphatic heterocycles. The monoisotopic (exact) mass is 375 g/mol. The van der Waals surface area contributed by atoms with Crippen LogP contribution in [0.15, 0.2) is 36.4 Å². The molecular formula is C15H23ClN3O4P. The molecule has 24 heavy (non-hydrogen) atoms. The molecule has 0 bridgehead atoms. The molecule has 0 saturated carbocycles. The number of rotatable bonds is 9. The minimum Gasteiger partial charge on any atom is -0.326 e. The second-order valence-electron chi connectivity index (χ2n) is 5.28. The molecule has 0 saturated heterocycles. The van der Waals surface area contributed by atoms with Gasteiger partial charge < -0.3 is 25.7 Å². The Morgan fingerprint density at radius 3 is 2.46 bits per heavy atom. The van der Waals surface area contributed by atoms with E-state index in [1.54, 1.807) is 12.1 Å². The van der Waals surface area contributed by atoms with Crippen LogP contribution in [0.5, 0.6) is 0 Å². The van der Waals surface area contributed by atoms with Crippen LogP contribution >= 0.6 is 19.2 Å². The topological polar surface area (TPSA) is 111 Å². The van der Waals surface area contributed by atoms with E-state index in [1.807, 2.05) is 19.2 Å². The van der Waals surface area contributed by atoms with Crippen LogP contribution in [-0.2, 0) is 4.57 Å². The zero-order valence-corrected chi connectivity index (χ0v) is 15.1. The summed E-state index contributed by atoms with van der Waals surface area (Å²) in [5.41, 5.74) is 2.59. The van der Waals surface area contributed by atoms with Crippen LogP contribution in [0.2, 0.25) is 0 Å². The molecule has 1 rings (SSSR count). The Balaban J connectivity index is 2.71. The predicted octanol–water partition coefficient (Wildman–Crippen LogP) is 2.43. The van der Waals surface area contributed by atoms with Crippen molar-refractivity contribution in [1.82, 2.24) is 10.6 Å². The number of carbonyl (C=O) groups is 1. The summed E-state index contributed by atoms with van der Waals surface area (Å²) in [6.45, 7) is 4.81. The van der Waals surface area contributed by atoms with Gasteiger partial charge in [0, 0.05) is 24.0 Å². The zero-order valence-electron chi connectivity index (χ0n) is 13.5. The van der Waals surface area contributed by atoms with Crippen LogP contribution in [0.3, 0.4) is 0 Å². The number of halogens is 1. The summed E-state index contributed by atoms with van der Waals surface area (Å²) in [6.07, 6.45) is 0.0120. The summed E-state index contributed by atoms with van der Waals surface area (Å²) < 4.78 is 10.7. The second-order valence-corrected chi connectivity index (χ2v) is 7.31. The Bertz CT molecular complexity index is 603. The summed E-state index contributed by atoms with van der Waals surface area (Å²) in [6, 6.07) is 6.52. The molecular weight excluding hydrogens is 353 g/mol. The standard InChI is InChI=1S/C15H23ClN3O4P/c1-11(7-8-16)14(9-17-2)12-3-5-13(6-4-12)19-15(20)18-10-24(21,22)23/h3-6,14,17H,1,7-10H2,2H3,(H2,18,19,20)(H2,21,22,23). The maximum absolute atomic E-state index is 11.6. The number of hydrogen-bond acceptors (Lipinski definition) is 3. The van der Waals surface area contributed by atoms with Gasteiger partial charge in [-0.15, -0.1) is 11.6 Å². The van der Waals surface area contributed by atoms with Crippen molar-refractivity contribution in [3.05, 3.63) is 42.0 Å². The molecule has 2 amide bonds. The quantitative estimate of drug-likeness (QED) is 0.258. The van der Waals surface area contributed by atoms with Crippen molar-refractivity contribution in [1.29, 1.82) is 0 Å². The van der Waals surface area contributed by atoms with Crippen LogP contribution < -0.4 is 16.0 Å². The molecule has 7 nitrogen and oxygen atoms in total. The van der Waals surface area contributed by atoms with Gasteiger partial charge in [0.05, 0.1) is 0 Å². The van der Waals surface area contributed by atoms with Gasteiger partial charge in [-0.3, -0.25) is 4.57 Å². The highest BCUT2D eigenvalue weighted by atomic mass is 35.5. The minimum atomic E-state index is -4.27. The van der Waals surface area contributed by atoms with Gasteiger partial charge in [0.2, 0.25) is 0 Å². The fourth-order valence-electron chi connectivity index (χ4n) is 2.15. The summed E-state index contributed by atoms with van der Waals surface area (Å²) >= 11 is 5.78. The fraction of sp³-hybridized carbons (Fsp3) is 0.400. The highest BCUT2D eigenvalue weighted by Gasteiger charge is 2.16. The van der Waals surface area contributed by atoms with E-state index in [4.69, 9.17) is 21.4 Å². The Kier molecular flexibility index (Phi) is 8.45. The predicted molar refractivity (Wildman–Crippen MR) is 96.7 cm³/mol. The minimum absolute atomic E-state index is 0.117. The molecule has 0 spiro atoms. The van der Waals surface area contributed by atoms with E-state index in [2.05, 4.69) is 22.5 Å². The molecule has 9 heteroatoms. The molecule has 1 unspecified atom stereocenters. The Morgan fingerprint density at radius 1 is 1.33 bits per heavy atom. The first-order valence-corrected chi connectivity index (χ1v) is 9.67. The van der Waals surface area contributed by atoms with E-state index >= 15 is 0 Å². The van der Waals surface area contributed by atoms with Crippen molar-refractivity contribution in [3.63, 3.8) is 0 Å². The Labute approximate surface area is 146 Å². The van der Waals surface area contributed by atoms with Crippen LogP contribution in [0.25, 0.3) is 0 Å². The van der Waals surface area contributed by atoms with E-state index in [0.29, 0.717) is 11.6 Å². The largest absolute Gasteiger partial charge is 0.344 e. The van der Waals surface area contributed by atoms with E-state index in [1.165, 1.54) is 0 Å². The fourth-order valence-corrected chi connectivity index (χ4v) is 2.74. The number of carbonyl (C=O) groups excluding carboxylic acids is 1. The first kappa shape index (κ1) is 20.7. The van der Waals surface area contributed by atoms with Gasteiger partial charge in [0.1, 0.15) is 6.29 Å². The molecule has 0 heterocycles. The van der Waals surface area contributed by atoms with Gasteiger partial charge in [-0.2, -0.15) is 0 Å². The summed E-state index contributed by atoms with van der Waals surface area (Å²) in [5.74, 6) is 0.629. The van der Waals surface area contributed by atoms with Crippen molar-refractivity contribution in [2.45, 2.75) is 12.3 Å². The normalized spacial score (nSPS) is 12.5. The number of nitrogens with one attached hydrogen (secondary N) is 3. The summed E-state index contributed by atoms with van der Waals surface area (Å²) in [4.78, 5) is 29.0. The molecule has 134 valence electrons. The van der Waals surface area contributed by atoms with E-state index < -0.39 is 19.9 Å². The third-order valence-electron chi connectivity index (χ3n) is 3.33. The SMILES string of the molecule is C=C(CCCl)C(CNC)c1ccc(NC(=O)NCP(=O)(O)O)cc1. The van der Waals surface area contributed by atoms with Gasteiger partial charge in [-0.1, -0.05) is 24.3 Å². The van der Waals surface area contributed by atoms with Crippen LogP contribution in [0.1, 0.15) is 17.9 Å². The molecule has 1 atom stereocenters. The number of alkyl halides is 1. The lowest BCUT2D eigenvalue weighted by atomic mass is 9.90. The highest BCUT2D eigenvalue weighted by molar-refractivity contribution is 7.51. The van der Waals surface area contributed by atoms with Gasteiger partial charge in [0.25, 0.3) is 0 Å². The molecule has 0 aromatic heterocycles. The Morgan fingerprint density at radius 2 is 1.96 bits per heavy atom. The number of anilines is 1. The van der Waals surface area contributed by atoms with Crippen molar-refractivity contribution in [2.75, 3.05) is 31.1 Å². The van der Waals surface area contributed by atoms with Gasteiger partial charge in [-0.25, -0.2) is 4.79 Å². The molecule has 1 aromatic rings. The maximum atomic E-state index is 11.6. The average Bonchev–Trinajstić information content (AvgIpc) is 2.51. The highest BCUT2D eigenvalue weighted by Crippen LogP contribution is 2.32. The third-order valence-corrected chi connectivity index (χ3v) is 4.09. The third kappa shape index (κ3) is 7.47. The number of urea groups is 1. The number of likely N-dealkylation sites (N-methyl/N-ethyl adjacent to an activating group) is 1. The van der Waals surface area contributed by atoms with Crippen LogP contribution in [-0.4, -0.2) is 41.6 Å². The lowest BCUT2D eigenvalue weighted by molar-refractivity contribution is 0.252. The van der Waals surface area contributed by atoms with Crippen molar-refractivity contribution in [3.8, 4) is 0 Å². The van der Waals surface area contributed by atoms with Crippen molar-refractivity contribution >= 4 is 30.9 Å². The molecule has 5 N–H and O–H groups in total. The second kappa shape index (κ2) is 9.81. The van der Waals surface area contributed by atoms with Gasteiger partial charge in [0.15, 0.2) is 0 Å². The Hall–Kier alpha value is -1.37. The van der Waals surface area contributed by atoms with Crippen LogP contribution in [0, 0.1) is 0 Å². The lowest BCUT2D eigenvalue weighted by Gasteiger charge is -2.20. The molecule has 0 aliphatic carbocycles. The van der Waals surface area contributed by atoms with E-state index in [-0.39, 0.29) is 5.92 Å². The zero-order chi connectivity index (χ0) is 18.2. The maximum Gasteiger partial charge on any atom is 0.344 e. The molecule has 0 fully saturated rings. The number of hydrogen-bond donors (Lipinski definition) is 5. The molecule has 0 aliphatic rings. The van der Waals surface area contributed by atoms with Gasteiger partial charge >= 0.3 is 13.6 Å². The van der Waals surface area contributed by atoms with Crippen molar-refractivity contribution in [2.24, 2.45) is 0 Å². The smallest absolute Gasteiger partial charge is 0.326 e. The number of amides is 2. The summed E-state index contributed by atoms with van der Waals surface area (Å²) in [5, 5.41) is 7.75. The average molecular weight is 376 g/mol. The first-order chi connectivity index (χ1) is 11.3. The van der Waals surface area contributed by atoms with Crippen LogP contribution in [0.4, 0.5) is 10.5 Å². The summed E-state index contributed by atoms with van der Waals surface area (Å²) in [7, 11) is -2.41. The molecule has 0 radical (unpaired) electrons. The van der Waals surface area contributed by atoms with Crippen molar-refractivity contribution < 1.29 is 19.1 Å². The lowest BCUT2D eigenvalue weighted by Crippen LogP contribution is -2.29. The van der Waals surface area contributed by atoms with Gasteiger partial charge in [-0.05, 0) is 31.2 Å². The van der Waals surface area contributed by atoms with E-state index in [9.17, 15) is 9.36 Å². The molecule has 1 aromatic carbocycles.